The number of nitrogens with zero attached hydrogens (tertiary/aromatic N) is 2. The quantitative estimate of drug-likeness (QED) is 0.804. The molecule has 3 nitrogen and oxygen atoms in total. The summed E-state index contributed by atoms with van der Waals surface area (Å²) in [6, 6.07) is 11.7. The molecule has 0 radical (unpaired) electrons. The Morgan fingerprint density at radius 2 is 2.12 bits per heavy atom. The van der Waals surface area contributed by atoms with Crippen LogP contribution in [-0.4, -0.2) is 9.78 Å². The predicted molar refractivity (Wildman–Crippen MR) is 68.0 cm³/mol. The Labute approximate surface area is 101 Å². The van der Waals surface area contributed by atoms with Crippen LogP contribution in [0.3, 0.4) is 0 Å². The van der Waals surface area contributed by atoms with Crippen LogP contribution in [0.15, 0.2) is 47.4 Å². The second-order valence-electron chi connectivity index (χ2n) is 4.18. The first-order valence-electron chi connectivity index (χ1n) is 5.83. The lowest BCUT2D eigenvalue weighted by atomic mass is 10.1. The summed E-state index contributed by atoms with van der Waals surface area (Å²) in [5.74, 6) is 0. The molecule has 1 aromatic carbocycles. The molecule has 0 N–H and O–H groups in total. The van der Waals surface area contributed by atoms with Crippen LogP contribution in [0.5, 0.6) is 0 Å². The van der Waals surface area contributed by atoms with Crippen molar-refractivity contribution in [2.45, 2.75) is 26.3 Å². The summed E-state index contributed by atoms with van der Waals surface area (Å²) in [4.78, 5) is 11.4. The van der Waals surface area contributed by atoms with Crippen LogP contribution in [0.1, 0.15) is 17.5 Å². The van der Waals surface area contributed by atoms with Gasteiger partial charge in [0.25, 0.3) is 5.56 Å². The molecule has 17 heavy (non-hydrogen) atoms. The van der Waals surface area contributed by atoms with Crippen LogP contribution >= 0.6 is 0 Å². The zero-order valence-corrected chi connectivity index (χ0v) is 9.97. The minimum Gasteiger partial charge on any atom is -0.268 e. The third kappa shape index (κ3) is 3.28. The monoisotopic (exact) mass is 228 g/mol. The highest BCUT2D eigenvalue weighted by molar-refractivity contribution is 5.22. The average molecular weight is 228 g/mol. The van der Waals surface area contributed by atoms with Gasteiger partial charge in [0.05, 0.1) is 0 Å². The predicted octanol–water partition coefficient (Wildman–Crippen LogP) is 2.18. The third-order valence-electron chi connectivity index (χ3n) is 2.70. The molecule has 1 heterocycles. The van der Waals surface area contributed by atoms with Gasteiger partial charge in [0.1, 0.15) is 0 Å². The molecule has 0 saturated heterocycles. The fourth-order valence-corrected chi connectivity index (χ4v) is 1.86. The van der Waals surface area contributed by atoms with Gasteiger partial charge in [-0.1, -0.05) is 29.8 Å². The lowest BCUT2D eigenvalue weighted by Gasteiger charge is -2.04. The van der Waals surface area contributed by atoms with Gasteiger partial charge in [0.2, 0.25) is 0 Å². The summed E-state index contributed by atoms with van der Waals surface area (Å²) in [5, 5.41) is 4.03. The molecule has 0 spiro atoms. The molecular weight excluding hydrogens is 212 g/mol. The molecule has 88 valence electrons. The van der Waals surface area contributed by atoms with Gasteiger partial charge in [-0.05, 0) is 31.4 Å². The molecule has 0 saturated carbocycles. The number of rotatable bonds is 4. The number of benzene rings is 1. The fourth-order valence-electron chi connectivity index (χ4n) is 1.86. The molecule has 0 aliphatic rings. The molecule has 0 atom stereocenters. The fraction of sp³-hybridized carbons (Fsp3) is 0.286. The van der Waals surface area contributed by atoms with Crippen molar-refractivity contribution in [1.82, 2.24) is 9.78 Å². The molecule has 2 aromatic rings. The van der Waals surface area contributed by atoms with Crippen LogP contribution < -0.4 is 5.56 Å². The van der Waals surface area contributed by atoms with E-state index < -0.39 is 0 Å². The maximum Gasteiger partial charge on any atom is 0.266 e. The van der Waals surface area contributed by atoms with E-state index in [0.29, 0.717) is 6.54 Å². The first kappa shape index (κ1) is 11.6. The van der Waals surface area contributed by atoms with E-state index in [9.17, 15) is 4.79 Å². The minimum absolute atomic E-state index is 0.0308. The molecule has 0 aliphatic carbocycles. The van der Waals surface area contributed by atoms with E-state index in [-0.39, 0.29) is 5.56 Å². The van der Waals surface area contributed by atoms with Crippen molar-refractivity contribution in [1.29, 1.82) is 0 Å². The molecule has 0 unspecified atom stereocenters. The average Bonchev–Trinajstić information content (AvgIpc) is 2.32. The summed E-state index contributed by atoms with van der Waals surface area (Å²) in [6.45, 7) is 2.76. The van der Waals surface area contributed by atoms with Crippen molar-refractivity contribution in [2.24, 2.45) is 0 Å². The highest BCUT2D eigenvalue weighted by Crippen LogP contribution is 2.06. The van der Waals surface area contributed by atoms with Crippen LogP contribution in [0.4, 0.5) is 0 Å². The second-order valence-corrected chi connectivity index (χ2v) is 4.18. The molecule has 1 aromatic heterocycles. The van der Waals surface area contributed by atoms with Crippen LogP contribution in [0, 0.1) is 6.92 Å². The maximum absolute atomic E-state index is 11.4. The van der Waals surface area contributed by atoms with Gasteiger partial charge < -0.3 is 0 Å². The van der Waals surface area contributed by atoms with Gasteiger partial charge in [-0.3, -0.25) is 4.79 Å². The minimum atomic E-state index is -0.0308. The molecule has 3 heteroatoms. The summed E-state index contributed by atoms with van der Waals surface area (Å²) < 4.78 is 1.51. The standard InChI is InChI=1S/C14H16N2O/c1-12-5-2-6-13(11-12)7-4-10-16-14(17)8-3-9-15-16/h2-3,5-6,8-9,11H,4,7,10H2,1H3. The van der Waals surface area contributed by atoms with Crippen LogP contribution in [0.25, 0.3) is 0 Å². The van der Waals surface area contributed by atoms with E-state index in [2.05, 4.69) is 36.3 Å². The maximum atomic E-state index is 11.4. The second kappa shape index (κ2) is 5.43. The Morgan fingerprint density at radius 3 is 2.88 bits per heavy atom. The molecular formula is C14H16N2O. The first-order valence-corrected chi connectivity index (χ1v) is 5.83. The van der Waals surface area contributed by atoms with E-state index in [1.807, 2.05) is 0 Å². The van der Waals surface area contributed by atoms with Crippen molar-refractivity contribution in [3.8, 4) is 0 Å². The summed E-state index contributed by atoms with van der Waals surface area (Å²) >= 11 is 0. The Bertz CT molecular complexity index is 546. The van der Waals surface area contributed by atoms with Gasteiger partial charge in [-0.15, -0.1) is 0 Å². The van der Waals surface area contributed by atoms with Crippen molar-refractivity contribution in [3.63, 3.8) is 0 Å². The van der Waals surface area contributed by atoms with E-state index in [1.165, 1.54) is 15.8 Å². The first-order chi connectivity index (χ1) is 8.25. The zero-order valence-electron chi connectivity index (χ0n) is 9.97. The van der Waals surface area contributed by atoms with Crippen LogP contribution in [-0.2, 0) is 13.0 Å². The lowest BCUT2D eigenvalue weighted by molar-refractivity contribution is 0.548. The van der Waals surface area contributed by atoms with Gasteiger partial charge in [-0.25, -0.2) is 4.68 Å². The van der Waals surface area contributed by atoms with Crippen molar-refractivity contribution in [2.75, 3.05) is 0 Å². The SMILES string of the molecule is Cc1cccc(CCCn2ncccc2=O)c1. The largest absolute Gasteiger partial charge is 0.268 e. The summed E-state index contributed by atoms with van der Waals surface area (Å²) in [5.41, 5.74) is 2.56. The van der Waals surface area contributed by atoms with Gasteiger partial charge >= 0.3 is 0 Å². The third-order valence-corrected chi connectivity index (χ3v) is 2.70. The van der Waals surface area contributed by atoms with Crippen molar-refractivity contribution >= 4 is 0 Å². The molecule has 0 bridgehead atoms. The Kier molecular flexibility index (Phi) is 3.70. The Morgan fingerprint density at radius 1 is 1.24 bits per heavy atom. The van der Waals surface area contributed by atoms with Crippen molar-refractivity contribution in [3.05, 3.63) is 64.1 Å². The Balaban J connectivity index is 1.92. The number of aromatic nitrogens is 2. The molecule has 2 rings (SSSR count). The van der Waals surface area contributed by atoms with Gasteiger partial charge in [0, 0.05) is 18.8 Å². The number of hydrogen-bond acceptors (Lipinski definition) is 2. The highest BCUT2D eigenvalue weighted by Gasteiger charge is 1.97. The normalized spacial score (nSPS) is 10.4. The van der Waals surface area contributed by atoms with E-state index >= 15 is 0 Å². The highest BCUT2D eigenvalue weighted by atomic mass is 16.1. The smallest absolute Gasteiger partial charge is 0.266 e. The van der Waals surface area contributed by atoms with Crippen molar-refractivity contribution < 1.29 is 0 Å². The molecule has 0 amide bonds. The number of hydrogen-bond donors (Lipinski definition) is 0. The van der Waals surface area contributed by atoms with Gasteiger partial charge in [0.15, 0.2) is 0 Å². The van der Waals surface area contributed by atoms with E-state index in [0.717, 1.165) is 12.8 Å². The lowest BCUT2D eigenvalue weighted by Crippen LogP contribution is -2.21. The van der Waals surface area contributed by atoms with E-state index in [4.69, 9.17) is 0 Å². The zero-order chi connectivity index (χ0) is 12.1. The molecule has 0 aliphatic heterocycles. The van der Waals surface area contributed by atoms with Gasteiger partial charge in [-0.2, -0.15) is 5.10 Å². The number of aryl methyl sites for hydroxylation is 3. The summed E-state index contributed by atoms with van der Waals surface area (Å²) in [7, 11) is 0. The van der Waals surface area contributed by atoms with Crippen LogP contribution in [0.2, 0.25) is 0 Å². The Hall–Kier alpha value is -1.90. The summed E-state index contributed by atoms with van der Waals surface area (Å²) in [6.07, 6.45) is 3.55. The van der Waals surface area contributed by atoms with E-state index in [1.54, 1.807) is 18.3 Å². The topological polar surface area (TPSA) is 34.9 Å². The molecule has 0 fully saturated rings.